The largest absolute Gasteiger partial charge is 0.338 e. The molecule has 0 atom stereocenters. The first-order valence-electron chi connectivity index (χ1n) is 6.76. The summed E-state index contributed by atoms with van der Waals surface area (Å²) in [4.78, 5) is 8.81. The Morgan fingerprint density at radius 3 is 2.82 bits per heavy atom. The van der Waals surface area contributed by atoms with Crippen molar-refractivity contribution in [1.82, 2.24) is 25.3 Å². The molecule has 2 aromatic heterocycles. The average molecular weight is 380 g/mol. The second-order valence-corrected chi connectivity index (χ2v) is 6.73. The third-order valence-corrected chi connectivity index (χ3v) is 4.44. The van der Waals surface area contributed by atoms with Gasteiger partial charge in [0.2, 0.25) is 11.0 Å². The van der Waals surface area contributed by atoms with Crippen molar-refractivity contribution in [1.29, 1.82) is 0 Å². The fraction of sp³-hybridized carbons (Fsp3) is 0.286. The molecule has 0 spiro atoms. The number of aromatic nitrogens is 5. The number of halogens is 1. The molecule has 1 N–H and O–H groups in total. The normalized spacial score (nSPS) is 11.3. The number of hydrogen-bond acceptors (Lipinski definition) is 6. The Balaban J connectivity index is 1.68. The van der Waals surface area contributed by atoms with Gasteiger partial charge in [-0.2, -0.15) is 4.98 Å². The van der Waals surface area contributed by atoms with E-state index in [1.54, 1.807) is 0 Å². The molecule has 0 aliphatic heterocycles. The van der Waals surface area contributed by atoms with E-state index in [0.29, 0.717) is 16.8 Å². The number of aromatic amines is 1. The molecule has 0 aliphatic rings. The number of rotatable bonds is 5. The van der Waals surface area contributed by atoms with Crippen LogP contribution in [0.4, 0.5) is 0 Å². The van der Waals surface area contributed by atoms with Gasteiger partial charge in [0.1, 0.15) is 0 Å². The van der Waals surface area contributed by atoms with E-state index in [9.17, 15) is 0 Å². The van der Waals surface area contributed by atoms with Gasteiger partial charge in [-0.1, -0.05) is 64.9 Å². The van der Waals surface area contributed by atoms with Crippen LogP contribution in [0.5, 0.6) is 0 Å². The molecule has 3 rings (SSSR count). The van der Waals surface area contributed by atoms with Gasteiger partial charge in [0.25, 0.3) is 0 Å². The van der Waals surface area contributed by atoms with E-state index < -0.39 is 0 Å². The van der Waals surface area contributed by atoms with Crippen molar-refractivity contribution in [3.63, 3.8) is 0 Å². The third kappa shape index (κ3) is 3.38. The predicted octanol–water partition coefficient (Wildman–Crippen LogP) is 4.03. The zero-order chi connectivity index (χ0) is 15.5. The highest BCUT2D eigenvalue weighted by atomic mass is 79.9. The van der Waals surface area contributed by atoms with Gasteiger partial charge in [-0.15, -0.1) is 5.10 Å². The molecule has 0 saturated carbocycles. The first-order chi connectivity index (χ1) is 10.6. The van der Waals surface area contributed by atoms with E-state index in [0.717, 1.165) is 21.7 Å². The Bertz CT molecular complexity index is 770. The zero-order valence-electron chi connectivity index (χ0n) is 12.1. The Labute approximate surface area is 140 Å². The predicted molar refractivity (Wildman–Crippen MR) is 87.5 cm³/mol. The Hall–Kier alpha value is -1.67. The van der Waals surface area contributed by atoms with Crippen molar-refractivity contribution in [2.24, 2.45) is 0 Å². The molecule has 3 aromatic rings. The maximum atomic E-state index is 5.20. The molecule has 22 heavy (non-hydrogen) atoms. The first-order valence-corrected chi connectivity index (χ1v) is 8.54. The van der Waals surface area contributed by atoms with Crippen molar-refractivity contribution in [2.75, 3.05) is 0 Å². The lowest BCUT2D eigenvalue weighted by Gasteiger charge is -1.98. The van der Waals surface area contributed by atoms with Crippen LogP contribution in [0, 0.1) is 0 Å². The highest BCUT2D eigenvalue weighted by Gasteiger charge is 2.12. The number of H-pyrrole nitrogens is 1. The minimum atomic E-state index is 0.257. The van der Waals surface area contributed by atoms with Gasteiger partial charge in [-0.25, -0.2) is 4.98 Å². The van der Waals surface area contributed by atoms with Gasteiger partial charge < -0.3 is 4.52 Å². The summed E-state index contributed by atoms with van der Waals surface area (Å²) < 4.78 is 6.18. The molecule has 0 unspecified atom stereocenters. The summed E-state index contributed by atoms with van der Waals surface area (Å²) in [5.41, 5.74) is 0.974. The SMILES string of the molecule is CC(C)c1noc(CSc2n[nH]c(-c3ccccc3Br)n2)n1. The Morgan fingerprint density at radius 1 is 1.27 bits per heavy atom. The van der Waals surface area contributed by atoms with Crippen LogP contribution >= 0.6 is 27.7 Å². The van der Waals surface area contributed by atoms with Gasteiger partial charge in [0.15, 0.2) is 11.6 Å². The zero-order valence-corrected chi connectivity index (χ0v) is 14.5. The Morgan fingerprint density at radius 2 is 2.09 bits per heavy atom. The van der Waals surface area contributed by atoms with Crippen molar-refractivity contribution >= 4 is 27.7 Å². The third-order valence-electron chi connectivity index (χ3n) is 2.92. The van der Waals surface area contributed by atoms with Crippen LogP contribution in [0.15, 0.2) is 38.4 Å². The highest BCUT2D eigenvalue weighted by Crippen LogP contribution is 2.27. The quantitative estimate of drug-likeness (QED) is 0.673. The summed E-state index contributed by atoms with van der Waals surface area (Å²) >= 11 is 4.96. The summed E-state index contributed by atoms with van der Waals surface area (Å²) in [7, 11) is 0. The smallest absolute Gasteiger partial charge is 0.237 e. The van der Waals surface area contributed by atoms with Gasteiger partial charge in [-0.3, -0.25) is 5.10 Å². The molecule has 0 fully saturated rings. The summed E-state index contributed by atoms with van der Waals surface area (Å²) in [5, 5.41) is 11.7. The van der Waals surface area contributed by atoms with Crippen molar-refractivity contribution < 1.29 is 4.52 Å². The van der Waals surface area contributed by atoms with Gasteiger partial charge in [0, 0.05) is 16.0 Å². The number of thioether (sulfide) groups is 1. The molecular weight excluding hydrogens is 366 g/mol. The molecule has 0 radical (unpaired) electrons. The number of hydrogen-bond donors (Lipinski definition) is 1. The van der Waals surface area contributed by atoms with Crippen molar-refractivity contribution in [3.8, 4) is 11.4 Å². The molecule has 0 amide bonds. The van der Waals surface area contributed by atoms with Crippen LogP contribution in [-0.2, 0) is 5.75 Å². The summed E-state index contributed by atoms with van der Waals surface area (Å²) in [5.74, 6) is 2.84. The van der Waals surface area contributed by atoms with E-state index in [-0.39, 0.29) is 5.92 Å². The highest BCUT2D eigenvalue weighted by molar-refractivity contribution is 9.10. The number of benzene rings is 1. The molecule has 8 heteroatoms. The molecule has 2 heterocycles. The van der Waals surface area contributed by atoms with Crippen LogP contribution in [-0.4, -0.2) is 25.3 Å². The molecule has 1 aromatic carbocycles. The fourth-order valence-corrected chi connectivity index (χ4v) is 2.88. The van der Waals surface area contributed by atoms with Crippen LogP contribution in [0.2, 0.25) is 0 Å². The average Bonchev–Trinajstić information content (AvgIpc) is 3.15. The lowest BCUT2D eigenvalue weighted by atomic mass is 10.2. The molecular formula is C14H14BrN5OS. The van der Waals surface area contributed by atoms with Crippen molar-refractivity contribution in [2.45, 2.75) is 30.7 Å². The summed E-state index contributed by atoms with van der Waals surface area (Å²) in [6.07, 6.45) is 0. The van der Waals surface area contributed by atoms with Crippen molar-refractivity contribution in [3.05, 3.63) is 40.5 Å². The Kier molecular flexibility index (Phi) is 4.58. The van der Waals surface area contributed by atoms with Gasteiger partial charge >= 0.3 is 0 Å². The van der Waals surface area contributed by atoms with E-state index in [1.807, 2.05) is 38.1 Å². The maximum Gasteiger partial charge on any atom is 0.237 e. The minimum Gasteiger partial charge on any atom is -0.338 e. The number of nitrogens with zero attached hydrogens (tertiary/aromatic N) is 4. The van der Waals surface area contributed by atoms with Crippen LogP contribution in [0.3, 0.4) is 0 Å². The summed E-state index contributed by atoms with van der Waals surface area (Å²) in [6, 6.07) is 7.87. The lowest BCUT2D eigenvalue weighted by Crippen LogP contribution is -1.90. The molecule has 114 valence electrons. The fourth-order valence-electron chi connectivity index (χ4n) is 1.77. The maximum absolute atomic E-state index is 5.20. The van der Waals surface area contributed by atoms with E-state index in [4.69, 9.17) is 4.52 Å². The monoisotopic (exact) mass is 379 g/mol. The lowest BCUT2D eigenvalue weighted by molar-refractivity contribution is 0.383. The van der Waals surface area contributed by atoms with Gasteiger partial charge in [0.05, 0.1) is 5.75 Å². The van der Waals surface area contributed by atoms with E-state index in [1.165, 1.54) is 11.8 Å². The van der Waals surface area contributed by atoms with Crippen LogP contribution in [0.1, 0.15) is 31.5 Å². The van der Waals surface area contributed by atoms with Gasteiger partial charge in [-0.05, 0) is 6.07 Å². The minimum absolute atomic E-state index is 0.257. The standard InChI is InChI=1S/C14H14BrN5OS/c1-8(2)12-16-11(21-20-12)7-22-14-17-13(18-19-14)9-5-3-4-6-10(9)15/h3-6,8H,7H2,1-2H3,(H,17,18,19). The van der Waals surface area contributed by atoms with E-state index in [2.05, 4.69) is 41.3 Å². The topological polar surface area (TPSA) is 80.5 Å². The van der Waals surface area contributed by atoms with Crippen LogP contribution in [0.25, 0.3) is 11.4 Å². The number of nitrogens with one attached hydrogen (secondary N) is 1. The second-order valence-electron chi connectivity index (χ2n) is 4.94. The summed E-state index contributed by atoms with van der Waals surface area (Å²) in [6.45, 7) is 4.06. The molecule has 6 nitrogen and oxygen atoms in total. The molecule has 0 saturated heterocycles. The van der Waals surface area contributed by atoms with Crippen LogP contribution < -0.4 is 0 Å². The molecule has 0 bridgehead atoms. The first kappa shape index (κ1) is 15.2. The second kappa shape index (κ2) is 6.62. The van der Waals surface area contributed by atoms with E-state index >= 15 is 0 Å². The molecule has 0 aliphatic carbocycles.